The molecular formula is C5H5F3N4O. The zero-order chi connectivity index (χ0) is 10.1. The molecule has 0 aromatic carbocycles. The fourth-order valence-corrected chi connectivity index (χ4v) is 0.571. The molecule has 8 heteroatoms. The summed E-state index contributed by atoms with van der Waals surface area (Å²) >= 11 is 0. The molecule has 0 saturated carbocycles. The number of aryl methyl sites for hydroxylation is 1. The molecule has 0 radical (unpaired) electrons. The number of hydrogen-bond acceptors (Lipinski definition) is 3. The maximum atomic E-state index is 11.7. The van der Waals surface area contributed by atoms with E-state index in [1.54, 1.807) is 0 Å². The average molecular weight is 194 g/mol. The van der Waals surface area contributed by atoms with Gasteiger partial charge in [-0.1, -0.05) is 0 Å². The highest BCUT2D eigenvalue weighted by atomic mass is 19.4. The number of hydrogen-bond donors (Lipinski definition) is 2. The van der Waals surface area contributed by atoms with Gasteiger partial charge in [-0.25, -0.2) is 0 Å². The minimum atomic E-state index is -4.92. The first kappa shape index (κ1) is 9.49. The number of halogens is 3. The second-order valence-corrected chi connectivity index (χ2v) is 2.20. The van der Waals surface area contributed by atoms with E-state index in [2.05, 4.69) is 15.2 Å². The summed E-state index contributed by atoms with van der Waals surface area (Å²) in [5.74, 6) is -2.16. The molecule has 13 heavy (non-hydrogen) atoms. The summed E-state index contributed by atoms with van der Waals surface area (Å²) in [6.45, 7) is 1.50. The van der Waals surface area contributed by atoms with Crippen LogP contribution in [0.25, 0.3) is 0 Å². The van der Waals surface area contributed by atoms with E-state index in [1.807, 2.05) is 0 Å². The minimum Gasteiger partial charge on any atom is -0.285 e. The predicted octanol–water partition coefficient (Wildman–Crippen LogP) is 0.614. The van der Waals surface area contributed by atoms with Crippen LogP contribution in [0.15, 0.2) is 0 Å². The number of anilines is 1. The summed E-state index contributed by atoms with van der Waals surface area (Å²) in [5, 5.41) is 7.07. The quantitative estimate of drug-likeness (QED) is 0.688. The van der Waals surface area contributed by atoms with Crippen molar-refractivity contribution in [3.8, 4) is 0 Å². The maximum Gasteiger partial charge on any atom is 0.471 e. The molecule has 0 atom stereocenters. The van der Waals surface area contributed by atoms with Crippen LogP contribution in [0, 0.1) is 6.92 Å². The molecule has 0 bridgehead atoms. The average Bonchev–Trinajstić information content (AvgIpc) is 2.33. The molecule has 0 aliphatic rings. The topological polar surface area (TPSA) is 70.7 Å². The van der Waals surface area contributed by atoms with Gasteiger partial charge in [0, 0.05) is 0 Å². The van der Waals surface area contributed by atoms with Crippen LogP contribution in [0.1, 0.15) is 5.82 Å². The van der Waals surface area contributed by atoms with Crippen molar-refractivity contribution in [2.45, 2.75) is 13.1 Å². The molecule has 1 amide bonds. The van der Waals surface area contributed by atoms with E-state index in [0.29, 0.717) is 5.82 Å². The van der Waals surface area contributed by atoms with Crippen LogP contribution in [-0.2, 0) is 4.79 Å². The van der Waals surface area contributed by atoms with Gasteiger partial charge >= 0.3 is 12.1 Å². The fourth-order valence-electron chi connectivity index (χ4n) is 0.571. The standard InChI is InChI=1S/C5H5F3N4O/c1-2-9-4(12-11-2)10-3(13)5(6,7)8/h1H3,(H2,9,10,11,12,13). The summed E-state index contributed by atoms with van der Waals surface area (Å²) < 4.78 is 35.0. The Morgan fingerprint density at radius 3 is 2.54 bits per heavy atom. The molecular weight excluding hydrogens is 189 g/mol. The molecule has 0 saturated heterocycles. The van der Waals surface area contributed by atoms with Gasteiger partial charge in [0.1, 0.15) is 5.82 Å². The van der Waals surface area contributed by atoms with Gasteiger partial charge in [0.05, 0.1) is 0 Å². The molecule has 1 rings (SSSR count). The van der Waals surface area contributed by atoms with Crippen LogP contribution < -0.4 is 5.32 Å². The molecule has 1 heterocycles. The Morgan fingerprint density at radius 2 is 2.15 bits per heavy atom. The zero-order valence-electron chi connectivity index (χ0n) is 6.44. The zero-order valence-corrected chi connectivity index (χ0v) is 6.44. The Bertz CT molecular complexity index is 318. The van der Waals surface area contributed by atoms with Crippen LogP contribution in [0.2, 0.25) is 0 Å². The van der Waals surface area contributed by atoms with Gasteiger partial charge < -0.3 is 0 Å². The number of aromatic amines is 1. The highest BCUT2D eigenvalue weighted by molar-refractivity contribution is 5.93. The van der Waals surface area contributed by atoms with Gasteiger partial charge in [-0.2, -0.15) is 18.2 Å². The first-order valence-corrected chi connectivity index (χ1v) is 3.17. The van der Waals surface area contributed by atoms with Crippen molar-refractivity contribution in [3.63, 3.8) is 0 Å². The Hall–Kier alpha value is -1.60. The molecule has 1 aromatic rings. The number of alkyl halides is 3. The monoisotopic (exact) mass is 194 g/mol. The SMILES string of the molecule is Cc1nc(NC(=O)C(F)(F)F)n[nH]1. The van der Waals surface area contributed by atoms with E-state index in [1.165, 1.54) is 12.2 Å². The van der Waals surface area contributed by atoms with Crippen molar-refractivity contribution < 1.29 is 18.0 Å². The Morgan fingerprint density at radius 1 is 1.54 bits per heavy atom. The van der Waals surface area contributed by atoms with Crippen molar-refractivity contribution >= 4 is 11.9 Å². The molecule has 0 aliphatic heterocycles. The van der Waals surface area contributed by atoms with Crippen molar-refractivity contribution in [2.24, 2.45) is 0 Å². The molecule has 0 spiro atoms. The highest BCUT2D eigenvalue weighted by Crippen LogP contribution is 2.16. The number of H-pyrrole nitrogens is 1. The normalized spacial score (nSPS) is 11.4. The smallest absolute Gasteiger partial charge is 0.285 e. The molecule has 1 aromatic heterocycles. The maximum absolute atomic E-state index is 11.7. The third-order valence-electron chi connectivity index (χ3n) is 1.08. The van der Waals surface area contributed by atoms with Gasteiger partial charge in [-0.05, 0) is 6.92 Å². The number of nitrogens with one attached hydrogen (secondary N) is 2. The Kier molecular flexibility index (Phi) is 2.22. The Labute approximate surface area is 70.4 Å². The van der Waals surface area contributed by atoms with Gasteiger partial charge in [-0.15, -0.1) is 5.10 Å². The van der Waals surface area contributed by atoms with Crippen molar-refractivity contribution in [1.82, 2.24) is 15.2 Å². The van der Waals surface area contributed by atoms with Crippen LogP contribution >= 0.6 is 0 Å². The summed E-state index contributed by atoms with van der Waals surface area (Å²) in [7, 11) is 0. The predicted molar refractivity (Wildman–Crippen MR) is 35.8 cm³/mol. The van der Waals surface area contributed by atoms with Gasteiger partial charge in [0.15, 0.2) is 0 Å². The van der Waals surface area contributed by atoms with Crippen LogP contribution in [-0.4, -0.2) is 27.3 Å². The van der Waals surface area contributed by atoms with Gasteiger partial charge in [-0.3, -0.25) is 15.2 Å². The number of carbonyl (C=O) groups excluding carboxylic acids is 1. The van der Waals surface area contributed by atoms with Crippen molar-refractivity contribution in [3.05, 3.63) is 5.82 Å². The molecule has 0 aliphatic carbocycles. The lowest BCUT2D eigenvalue weighted by atomic mass is 10.6. The van der Waals surface area contributed by atoms with E-state index in [-0.39, 0.29) is 5.95 Å². The molecule has 2 N–H and O–H groups in total. The molecule has 0 unspecified atom stereocenters. The lowest BCUT2D eigenvalue weighted by molar-refractivity contribution is -0.167. The minimum absolute atomic E-state index is 0.317. The second kappa shape index (κ2) is 3.04. The molecule has 72 valence electrons. The molecule has 5 nitrogen and oxygen atoms in total. The van der Waals surface area contributed by atoms with Gasteiger partial charge in [0.25, 0.3) is 0 Å². The summed E-state index contributed by atoms with van der Waals surface area (Å²) in [6.07, 6.45) is -4.92. The fraction of sp³-hybridized carbons (Fsp3) is 0.400. The number of carbonyl (C=O) groups is 1. The third-order valence-corrected chi connectivity index (χ3v) is 1.08. The third kappa shape index (κ3) is 2.42. The van der Waals surface area contributed by atoms with Crippen LogP contribution in [0.3, 0.4) is 0 Å². The number of amides is 1. The number of aromatic nitrogens is 3. The number of rotatable bonds is 1. The second-order valence-electron chi connectivity index (χ2n) is 2.20. The van der Waals surface area contributed by atoms with Crippen LogP contribution in [0.5, 0.6) is 0 Å². The summed E-state index contributed by atoms with van der Waals surface area (Å²) in [5.41, 5.74) is 0. The molecule has 0 fully saturated rings. The lowest BCUT2D eigenvalue weighted by Gasteiger charge is -2.03. The van der Waals surface area contributed by atoms with E-state index >= 15 is 0 Å². The van der Waals surface area contributed by atoms with Crippen molar-refractivity contribution in [2.75, 3.05) is 5.32 Å². The van der Waals surface area contributed by atoms with E-state index in [4.69, 9.17) is 0 Å². The van der Waals surface area contributed by atoms with Crippen molar-refractivity contribution in [1.29, 1.82) is 0 Å². The van der Waals surface area contributed by atoms with E-state index in [0.717, 1.165) is 0 Å². The van der Waals surface area contributed by atoms with Crippen LogP contribution in [0.4, 0.5) is 19.1 Å². The number of nitrogens with zero attached hydrogens (tertiary/aromatic N) is 2. The van der Waals surface area contributed by atoms with Gasteiger partial charge in [0.2, 0.25) is 5.95 Å². The largest absolute Gasteiger partial charge is 0.471 e. The summed E-state index contributed by atoms with van der Waals surface area (Å²) in [4.78, 5) is 13.8. The lowest BCUT2D eigenvalue weighted by Crippen LogP contribution is -2.30. The van der Waals surface area contributed by atoms with E-state index in [9.17, 15) is 18.0 Å². The Balaban J connectivity index is 2.65. The van der Waals surface area contributed by atoms with E-state index < -0.39 is 12.1 Å². The first-order chi connectivity index (χ1) is 5.89. The highest BCUT2D eigenvalue weighted by Gasteiger charge is 2.39. The summed E-state index contributed by atoms with van der Waals surface area (Å²) in [6, 6.07) is 0. The first-order valence-electron chi connectivity index (χ1n) is 3.17.